The molecule has 0 aliphatic heterocycles. The Bertz CT molecular complexity index is 545. The molecule has 1 N–H and O–H groups in total. The van der Waals surface area contributed by atoms with Crippen molar-refractivity contribution in [2.45, 2.75) is 26.3 Å². The van der Waals surface area contributed by atoms with Crippen molar-refractivity contribution >= 4 is 15.9 Å². The molecule has 3 heteroatoms. The molecule has 2 aromatic carbocycles. The second kappa shape index (κ2) is 7.00. The maximum Gasteiger partial charge on any atom is 0.124 e. The molecule has 0 saturated heterocycles. The Morgan fingerprint density at radius 3 is 2.45 bits per heavy atom. The molecule has 0 fully saturated rings. The van der Waals surface area contributed by atoms with Gasteiger partial charge in [0.05, 0.1) is 0 Å². The van der Waals surface area contributed by atoms with Crippen LogP contribution in [0, 0.1) is 12.7 Å². The van der Waals surface area contributed by atoms with Crippen LogP contribution >= 0.6 is 15.9 Å². The van der Waals surface area contributed by atoms with Crippen molar-refractivity contribution in [1.82, 2.24) is 5.32 Å². The number of nitrogens with one attached hydrogen (secondary N) is 1. The van der Waals surface area contributed by atoms with Crippen molar-refractivity contribution in [3.8, 4) is 0 Å². The van der Waals surface area contributed by atoms with Gasteiger partial charge in [0.15, 0.2) is 0 Å². The topological polar surface area (TPSA) is 12.0 Å². The summed E-state index contributed by atoms with van der Waals surface area (Å²) in [5.74, 6) is -0.207. The van der Waals surface area contributed by atoms with Gasteiger partial charge in [-0.15, -0.1) is 0 Å². The molecule has 0 radical (unpaired) electrons. The summed E-state index contributed by atoms with van der Waals surface area (Å²) >= 11 is 3.36. The van der Waals surface area contributed by atoms with E-state index >= 15 is 0 Å². The van der Waals surface area contributed by atoms with Crippen LogP contribution in [0.1, 0.15) is 29.7 Å². The van der Waals surface area contributed by atoms with Crippen molar-refractivity contribution in [3.63, 3.8) is 0 Å². The van der Waals surface area contributed by atoms with E-state index in [0.717, 1.165) is 23.0 Å². The quantitative estimate of drug-likeness (QED) is 0.828. The second-order valence-electron chi connectivity index (χ2n) is 5.00. The normalized spacial score (nSPS) is 12.4. The van der Waals surface area contributed by atoms with Gasteiger partial charge in [-0.2, -0.15) is 0 Å². The zero-order chi connectivity index (χ0) is 14.5. The van der Waals surface area contributed by atoms with E-state index in [1.165, 1.54) is 17.2 Å². The summed E-state index contributed by atoms with van der Waals surface area (Å²) in [6.45, 7) is 5.00. The number of aryl methyl sites for hydroxylation is 1. The molecule has 0 heterocycles. The summed E-state index contributed by atoms with van der Waals surface area (Å²) < 4.78 is 14.3. The van der Waals surface area contributed by atoms with Crippen molar-refractivity contribution < 1.29 is 4.39 Å². The molecule has 106 valence electrons. The minimum Gasteiger partial charge on any atom is -0.310 e. The van der Waals surface area contributed by atoms with Crippen LogP contribution < -0.4 is 5.32 Å². The first-order valence-electron chi connectivity index (χ1n) is 6.83. The van der Waals surface area contributed by atoms with Crippen LogP contribution in [0.4, 0.5) is 4.39 Å². The highest BCUT2D eigenvalue weighted by atomic mass is 79.9. The molecular weight excluding hydrogens is 317 g/mol. The van der Waals surface area contributed by atoms with Crippen molar-refractivity contribution in [1.29, 1.82) is 0 Å². The lowest BCUT2D eigenvalue weighted by molar-refractivity contribution is 0.542. The maximum absolute atomic E-state index is 13.6. The van der Waals surface area contributed by atoms with Crippen LogP contribution in [-0.2, 0) is 6.42 Å². The predicted octanol–water partition coefficient (Wildman–Crippen LogP) is 4.79. The fourth-order valence-electron chi connectivity index (χ4n) is 2.29. The third kappa shape index (κ3) is 4.15. The Hall–Kier alpha value is -1.19. The molecule has 0 aromatic heterocycles. The molecule has 2 aromatic rings. The van der Waals surface area contributed by atoms with Gasteiger partial charge in [0.1, 0.15) is 5.82 Å². The molecule has 1 nitrogen and oxygen atoms in total. The molecule has 1 atom stereocenters. The van der Waals surface area contributed by atoms with Gasteiger partial charge < -0.3 is 5.32 Å². The van der Waals surface area contributed by atoms with Gasteiger partial charge in [0, 0.05) is 10.5 Å². The van der Waals surface area contributed by atoms with E-state index in [9.17, 15) is 4.39 Å². The average Bonchev–Trinajstić information content (AvgIpc) is 2.39. The Morgan fingerprint density at radius 2 is 1.85 bits per heavy atom. The minimum atomic E-state index is -0.207. The first-order chi connectivity index (χ1) is 9.58. The number of benzene rings is 2. The lowest BCUT2D eigenvalue weighted by Crippen LogP contribution is -2.23. The molecule has 0 saturated carbocycles. The molecule has 20 heavy (non-hydrogen) atoms. The molecule has 2 rings (SSSR count). The SMILES string of the molecule is CCNC(Cc1ccc(C)cc1)c1cc(F)cc(Br)c1. The van der Waals surface area contributed by atoms with Gasteiger partial charge in [-0.1, -0.05) is 52.7 Å². The number of halogens is 2. The van der Waals surface area contributed by atoms with Crippen LogP contribution in [0.25, 0.3) is 0 Å². The smallest absolute Gasteiger partial charge is 0.124 e. The van der Waals surface area contributed by atoms with Crippen molar-refractivity contribution in [2.75, 3.05) is 6.54 Å². The van der Waals surface area contributed by atoms with Gasteiger partial charge in [0.25, 0.3) is 0 Å². The van der Waals surface area contributed by atoms with Crippen LogP contribution in [0.3, 0.4) is 0 Å². The average molecular weight is 336 g/mol. The lowest BCUT2D eigenvalue weighted by Gasteiger charge is -2.19. The summed E-state index contributed by atoms with van der Waals surface area (Å²) in [4.78, 5) is 0. The van der Waals surface area contributed by atoms with E-state index in [2.05, 4.69) is 59.4 Å². The van der Waals surface area contributed by atoms with Crippen molar-refractivity contribution in [3.05, 3.63) is 69.4 Å². The maximum atomic E-state index is 13.6. The van der Waals surface area contributed by atoms with Crippen LogP contribution in [0.15, 0.2) is 46.9 Å². The van der Waals surface area contributed by atoms with Gasteiger partial charge in [-0.25, -0.2) is 4.39 Å². The molecule has 1 unspecified atom stereocenters. The second-order valence-corrected chi connectivity index (χ2v) is 5.92. The molecule has 0 spiro atoms. The van der Waals surface area contributed by atoms with Gasteiger partial charge in [-0.3, -0.25) is 0 Å². The fourth-order valence-corrected chi connectivity index (χ4v) is 2.77. The summed E-state index contributed by atoms with van der Waals surface area (Å²) in [7, 11) is 0. The van der Waals surface area contributed by atoms with Crippen LogP contribution in [-0.4, -0.2) is 6.54 Å². The number of hydrogen-bond donors (Lipinski definition) is 1. The highest BCUT2D eigenvalue weighted by Crippen LogP contribution is 2.23. The highest BCUT2D eigenvalue weighted by molar-refractivity contribution is 9.10. The van der Waals surface area contributed by atoms with Crippen LogP contribution in [0.2, 0.25) is 0 Å². The summed E-state index contributed by atoms with van der Waals surface area (Å²) in [6, 6.07) is 13.7. The van der Waals surface area contributed by atoms with E-state index < -0.39 is 0 Å². The highest BCUT2D eigenvalue weighted by Gasteiger charge is 2.13. The summed E-state index contributed by atoms with van der Waals surface area (Å²) in [5.41, 5.74) is 3.48. The Morgan fingerprint density at radius 1 is 1.15 bits per heavy atom. The van der Waals surface area contributed by atoms with Gasteiger partial charge in [0.2, 0.25) is 0 Å². The lowest BCUT2D eigenvalue weighted by atomic mass is 9.98. The fraction of sp³-hybridized carbons (Fsp3) is 0.294. The van der Waals surface area contributed by atoms with Gasteiger partial charge in [-0.05, 0) is 49.2 Å². The van der Waals surface area contributed by atoms with E-state index in [1.807, 2.05) is 6.07 Å². The zero-order valence-electron chi connectivity index (χ0n) is 11.8. The molecule has 0 aliphatic rings. The molecule has 0 amide bonds. The molecular formula is C17H19BrFN. The van der Waals surface area contributed by atoms with E-state index in [0.29, 0.717) is 0 Å². The standard InChI is InChI=1S/C17H19BrFN/c1-3-20-17(8-13-6-4-12(2)5-7-13)14-9-15(18)11-16(19)10-14/h4-7,9-11,17,20H,3,8H2,1-2H3. The van der Waals surface area contributed by atoms with Gasteiger partial charge >= 0.3 is 0 Å². The van der Waals surface area contributed by atoms with Crippen molar-refractivity contribution in [2.24, 2.45) is 0 Å². The largest absolute Gasteiger partial charge is 0.310 e. The minimum absolute atomic E-state index is 0.120. The van der Waals surface area contributed by atoms with E-state index in [1.54, 1.807) is 6.07 Å². The van der Waals surface area contributed by atoms with Crippen LogP contribution in [0.5, 0.6) is 0 Å². The Labute approximate surface area is 128 Å². The summed E-state index contributed by atoms with van der Waals surface area (Å²) in [5, 5.41) is 3.43. The van der Waals surface area contributed by atoms with E-state index in [4.69, 9.17) is 0 Å². The first kappa shape index (κ1) is 15.2. The predicted molar refractivity (Wildman–Crippen MR) is 85.4 cm³/mol. The Kier molecular flexibility index (Phi) is 5.32. The third-order valence-electron chi connectivity index (χ3n) is 3.30. The Balaban J connectivity index is 2.23. The monoisotopic (exact) mass is 335 g/mol. The molecule has 0 aliphatic carbocycles. The molecule has 0 bridgehead atoms. The third-order valence-corrected chi connectivity index (χ3v) is 3.76. The first-order valence-corrected chi connectivity index (χ1v) is 7.62. The van der Waals surface area contributed by atoms with E-state index in [-0.39, 0.29) is 11.9 Å². The zero-order valence-corrected chi connectivity index (χ0v) is 13.4. The number of rotatable bonds is 5. The number of likely N-dealkylation sites (N-methyl/N-ethyl adjacent to an activating group) is 1. The summed E-state index contributed by atoms with van der Waals surface area (Å²) in [6.07, 6.45) is 0.851. The number of hydrogen-bond acceptors (Lipinski definition) is 1.